The minimum Gasteiger partial charge on any atom is -0.384 e. The molecule has 1 aliphatic carbocycles. The number of benzene rings is 1. The van der Waals surface area contributed by atoms with Gasteiger partial charge in [0.15, 0.2) is 0 Å². The van der Waals surface area contributed by atoms with Gasteiger partial charge in [0.25, 0.3) is 5.91 Å². The fourth-order valence-corrected chi connectivity index (χ4v) is 3.86. The molecule has 2 aromatic rings. The van der Waals surface area contributed by atoms with E-state index in [0.717, 1.165) is 41.4 Å². The van der Waals surface area contributed by atoms with Crippen LogP contribution in [0.4, 0.5) is 0 Å². The second-order valence-corrected chi connectivity index (χ2v) is 6.60. The van der Waals surface area contributed by atoms with E-state index in [4.69, 9.17) is 10.5 Å². The largest absolute Gasteiger partial charge is 0.384 e. The first-order valence-electron chi connectivity index (χ1n) is 8.28. The number of aromatic nitrogens is 1. The number of fused-ring (bicyclic) bond motifs is 2. The summed E-state index contributed by atoms with van der Waals surface area (Å²) in [5.41, 5.74) is 13.0. The topological polar surface area (TPSA) is 83.4 Å². The van der Waals surface area contributed by atoms with Crippen molar-refractivity contribution in [3.63, 3.8) is 0 Å². The molecular formula is C18H22N4O2. The zero-order valence-corrected chi connectivity index (χ0v) is 13.9. The quantitative estimate of drug-likeness (QED) is 0.790. The van der Waals surface area contributed by atoms with Crippen molar-refractivity contribution in [1.82, 2.24) is 15.4 Å². The third-order valence-corrected chi connectivity index (χ3v) is 5.09. The predicted molar refractivity (Wildman–Crippen MR) is 92.0 cm³/mol. The Bertz CT molecular complexity index is 839. The van der Waals surface area contributed by atoms with Gasteiger partial charge in [-0.2, -0.15) is 0 Å². The Balaban J connectivity index is 1.66. The summed E-state index contributed by atoms with van der Waals surface area (Å²) >= 11 is 0. The normalized spacial score (nSPS) is 23.5. The number of hydrogen-bond donors (Lipinski definition) is 3. The number of nitrogens with zero attached hydrogens (tertiary/aromatic N) is 1. The number of H-pyrrole nitrogens is 1. The van der Waals surface area contributed by atoms with E-state index < -0.39 is 0 Å². The van der Waals surface area contributed by atoms with Crippen LogP contribution in [0.25, 0.3) is 10.9 Å². The average molecular weight is 326 g/mol. The van der Waals surface area contributed by atoms with Crippen LogP contribution < -0.4 is 11.2 Å². The highest BCUT2D eigenvalue weighted by molar-refractivity contribution is 6.06. The lowest BCUT2D eigenvalue weighted by molar-refractivity contribution is 0.0497. The van der Waals surface area contributed by atoms with Gasteiger partial charge < -0.3 is 15.5 Å². The van der Waals surface area contributed by atoms with E-state index >= 15 is 0 Å². The molecule has 6 nitrogen and oxygen atoms in total. The van der Waals surface area contributed by atoms with E-state index in [1.54, 1.807) is 12.1 Å². The lowest BCUT2D eigenvalue weighted by Gasteiger charge is -2.32. The standard InChI is InChI=1S/C18H22N4O2/c1-10-8-13-12(4-3-5-15(13)20-10)18(23)22-16-7-6-11(24-2)9-14(16)17(19)21-22/h3-5,8,11,16,20-21H,6-7,9,19H2,1-2H3. The molecule has 2 aliphatic rings. The number of aromatic amines is 1. The number of carbonyl (C=O) groups is 1. The first-order valence-corrected chi connectivity index (χ1v) is 8.28. The van der Waals surface area contributed by atoms with E-state index in [2.05, 4.69) is 10.4 Å². The number of methoxy groups -OCH3 is 1. The molecule has 1 fully saturated rings. The summed E-state index contributed by atoms with van der Waals surface area (Å²) in [6, 6.07) is 7.78. The molecule has 126 valence electrons. The maximum Gasteiger partial charge on any atom is 0.273 e. The molecule has 2 heterocycles. The molecule has 0 bridgehead atoms. The summed E-state index contributed by atoms with van der Waals surface area (Å²) < 4.78 is 5.46. The molecule has 0 spiro atoms. The first kappa shape index (κ1) is 15.1. The highest BCUT2D eigenvalue weighted by Gasteiger charge is 2.39. The number of carbonyl (C=O) groups excluding carboxylic acids is 1. The molecule has 4 N–H and O–H groups in total. The zero-order valence-electron chi connectivity index (χ0n) is 13.9. The van der Waals surface area contributed by atoms with Gasteiger partial charge in [0, 0.05) is 30.1 Å². The van der Waals surface area contributed by atoms with Gasteiger partial charge in [-0.15, -0.1) is 0 Å². The van der Waals surface area contributed by atoms with Crippen LogP contribution in [0.15, 0.2) is 35.7 Å². The van der Waals surface area contributed by atoms with Crippen LogP contribution in [0.1, 0.15) is 35.3 Å². The average Bonchev–Trinajstić information content (AvgIpc) is 3.13. The molecule has 1 aromatic heterocycles. The smallest absolute Gasteiger partial charge is 0.273 e. The lowest BCUT2D eigenvalue weighted by Crippen LogP contribution is -2.46. The van der Waals surface area contributed by atoms with Gasteiger partial charge >= 0.3 is 0 Å². The molecule has 24 heavy (non-hydrogen) atoms. The number of hydrazine groups is 1. The SMILES string of the molecule is COC1CCC2C(=C(N)NN2C(=O)c2cccc3[nH]c(C)cc23)C1. The molecule has 4 rings (SSSR count). The van der Waals surface area contributed by atoms with Crippen LogP contribution in [0.2, 0.25) is 0 Å². The fourth-order valence-electron chi connectivity index (χ4n) is 3.86. The third kappa shape index (κ3) is 2.26. The summed E-state index contributed by atoms with van der Waals surface area (Å²) in [4.78, 5) is 16.4. The van der Waals surface area contributed by atoms with Gasteiger partial charge in [-0.25, -0.2) is 5.01 Å². The predicted octanol–water partition coefficient (Wildman–Crippen LogP) is 2.17. The minimum absolute atomic E-state index is 0.0131. The molecule has 1 saturated carbocycles. The maximum absolute atomic E-state index is 13.2. The first-order chi connectivity index (χ1) is 11.6. The van der Waals surface area contributed by atoms with Gasteiger partial charge in [0.1, 0.15) is 5.82 Å². The lowest BCUT2D eigenvalue weighted by atomic mass is 9.88. The van der Waals surface area contributed by atoms with Gasteiger partial charge in [0.05, 0.1) is 17.7 Å². The van der Waals surface area contributed by atoms with Crippen molar-refractivity contribution in [1.29, 1.82) is 0 Å². The van der Waals surface area contributed by atoms with E-state index in [-0.39, 0.29) is 18.1 Å². The number of nitrogens with one attached hydrogen (secondary N) is 2. The maximum atomic E-state index is 13.2. The van der Waals surface area contributed by atoms with Crippen LogP contribution in [0.5, 0.6) is 0 Å². The fraction of sp³-hybridized carbons (Fsp3) is 0.389. The van der Waals surface area contributed by atoms with Crippen LogP contribution in [0.3, 0.4) is 0 Å². The molecule has 1 aliphatic heterocycles. The number of nitrogens with two attached hydrogens (primary N) is 1. The van der Waals surface area contributed by atoms with E-state index in [1.807, 2.05) is 31.2 Å². The minimum atomic E-state index is -0.0431. The Hall–Kier alpha value is -2.47. The summed E-state index contributed by atoms with van der Waals surface area (Å²) in [7, 11) is 1.72. The van der Waals surface area contributed by atoms with Gasteiger partial charge in [-0.05, 0) is 43.5 Å². The number of amides is 1. The summed E-state index contributed by atoms with van der Waals surface area (Å²) in [5.74, 6) is 0.547. The van der Waals surface area contributed by atoms with Crippen molar-refractivity contribution in [2.45, 2.75) is 38.3 Å². The second kappa shape index (κ2) is 5.56. The van der Waals surface area contributed by atoms with Crippen molar-refractivity contribution >= 4 is 16.8 Å². The summed E-state index contributed by atoms with van der Waals surface area (Å²) in [6.07, 6.45) is 2.74. The van der Waals surface area contributed by atoms with Crippen molar-refractivity contribution in [2.75, 3.05) is 7.11 Å². The van der Waals surface area contributed by atoms with Crippen molar-refractivity contribution in [3.8, 4) is 0 Å². The Kier molecular flexibility index (Phi) is 3.49. The molecule has 1 aromatic carbocycles. The highest BCUT2D eigenvalue weighted by Crippen LogP contribution is 2.34. The zero-order chi connectivity index (χ0) is 16.8. The molecule has 2 unspecified atom stereocenters. The Morgan fingerprint density at radius 2 is 2.21 bits per heavy atom. The van der Waals surface area contributed by atoms with Crippen LogP contribution in [0, 0.1) is 6.92 Å². The van der Waals surface area contributed by atoms with Crippen LogP contribution in [-0.4, -0.2) is 35.2 Å². The van der Waals surface area contributed by atoms with E-state index in [9.17, 15) is 4.79 Å². The Morgan fingerprint density at radius 3 is 3.00 bits per heavy atom. The van der Waals surface area contributed by atoms with Gasteiger partial charge in [-0.1, -0.05) is 6.07 Å². The van der Waals surface area contributed by atoms with Crippen LogP contribution >= 0.6 is 0 Å². The van der Waals surface area contributed by atoms with Crippen LogP contribution in [-0.2, 0) is 4.74 Å². The Labute approximate surface area is 140 Å². The monoisotopic (exact) mass is 326 g/mol. The van der Waals surface area contributed by atoms with E-state index in [0.29, 0.717) is 11.4 Å². The Morgan fingerprint density at radius 1 is 1.38 bits per heavy atom. The van der Waals surface area contributed by atoms with Crippen molar-refractivity contribution in [2.24, 2.45) is 5.73 Å². The number of hydrogen-bond acceptors (Lipinski definition) is 4. The van der Waals surface area contributed by atoms with Gasteiger partial charge in [-0.3, -0.25) is 10.2 Å². The highest BCUT2D eigenvalue weighted by atomic mass is 16.5. The number of rotatable bonds is 2. The number of aryl methyl sites for hydroxylation is 1. The second-order valence-electron chi connectivity index (χ2n) is 6.60. The summed E-state index contributed by atoms with van der Waals surface area (Å²) in [5, 5.41) is 2.63. The van der Waals surface area contributed by atoms with Gasteiger partial charge in [0.2, 0.25) is 0 Å². The molecular weight excluding hydrogens is 304 g/mol. The van der Waals surface area contributed by atoms with E-state index in [1.165, 1.54) is 0 Å². The molecule has 0 radical (unpaired) electrons. The molecule has 2 atom stereocenters. The van der Waals surface area contributed by atoms with Crippen molar-refractivity contribution in [3.05, 3.63) is 46.9 Å². The number of ether oxygens (including phenoxy) is 1. The molecule has 1 amide bonds. The molecule has 0 saturated heterocycles. The van der Waals surface area contributed by atoms with Crippen molar-refractivity contribution < 1.29 is 9.53 Å². The third-order valence-electron chi connectivity index (χ3n) is 5.09. The summed E-state index contributed by atoms with van der Waals surface area (Å²) in [6.45, 7) is 1.99. The molecule has 6 heteroatoms.